The topological polar surface area (TPSA) is 74.5 Å². The molecule has 1 aromatic heterocycles. The molecule has 0 fully saturated rings. The molecule has 2 aromatic carbocycles. The van der Waals surface area contributed by atoms with Gasteiger partial charge in [-0.3, -0.25) is 10.1 Å². The van der Waals surface area contributed by atoms with E-state index >= 15 is 0 Å². The molecule has 23 heavy (non-hydrogen) atoms. The number of methoxy groups -OCH3 is 2. The summed E-state index contributed by atoms with van der Waals surface area (Å²) in [6.45, 7) is 0. The largest absolute Gasteiger partial charge is 0.495 e. The van der Waals surface area contributed by atoms with Crippen LogP contribution in [0.1, 0.15) is 0 Å². The second-order valence-electron chi connectivity index (χ2n) is 4.59. The fourth-order valence-electron chi connectivity index (χ4n) is 2.22. The number of benzene rings is 2. The maximum absolute atomic E-state index is 11.2. The summed E-state index contributed by atoms with van der Waals surface area (Å²) in [7, 11) is 2.85. The van der Waals surface area contributed by atoms with Crippen LogP contribution in [-0.2, 0) is 0 Å². The quantitative estimate of drug-likeness (QED) is 0.510. The van der Waals surface area contributed by atoms with Crippen LogP contribution < -0.4 is 9.47 Å². The van der Waals surface area contributed by atoms with Crippen LogP contribution >= 0.6 is 22.9 Å². The predicted octanol–water partition coefficient (Wildman–Crippen LogP) is 4.54. The van der Waals surface area contributed by atoms with Gasteiger partial charge < -0.3 is 9.47 Å². The maximum Gasteiger partial charge on any atom is 0.317 e. The molecular formula is C15H11ClN2O4S. The number of nitro benzene ring substituents is 1. The van der Waals surface area contributed by atoms with Crippen LogP contribution in [0.5, 0.6) is 11.5 Å². The van der Waals surface area contributed by atoms with Crippen molar-refractivity contribution in [3.8, 4) is 22.1 Å². The molecular weight excluding hydrogens is 340 g/mol. The second-order valence-corrected chi connectivity index (χ2v) is 6.03. The van der Waals surface area contributed by atoms with Gasteiger partial charge in [0.05, 0.1) is 25.2 Å². The SMILES string of the molecule is COc1c([N+](=O)[O-])cc(OC)c2sc(-c3ccc(Cl)cc3)nc12. The van der Waals surface area contributed by atoms with E-state index in [0.29, 0.717) is 26.0 Å². The van der Waals surface area contributed by atoms with E-state index in [1.165, 1.54) is 31.6 Å². The fraction of sp³-hybridized carbons (Fsp3) is 0.133. The lowest BCUT2D eigenvalue weighted by atomic mass is 10.2. The van der Waals surface area contributed by atoms with E-state index in [0.717, 1.165) is 5.56 Å². The van der Waals surface area contributed by atoms with E-state index in [1.54, 1.807) is 12.1 Å². The summed E-state index contributed by atoms with van der Waals surface area (Å²) in [6.07, 6.45) is 0. The Labute approximate surface area is 140 Å². The minimum absolute atomic E-state index is 0.127. The van der Waals surface area contributed by atoms with Gasteiger partial charge in [0.2, 0.25) is 5.75 Å². The van der Waals surface area contributed by atoms with Gasteiger partial charge in [0.25, 0.3) is 0 Å². The Bertz CT molecular complexity index is 893. The van der Waals surface area contributed by atoms with Gasteiger partial charge in [-0.25, -0.2) is 4.98 Å². The molecule has 118 valence electrons. The zero-order valence-corrected chi connectivity index (χ0v) is 13.8. The van der Waals surface area contributed by atoms with Crippen LogP contribution in [-0.4, -0.2) is 24.1 Å². The highest BCUT2D eigenvalue weighted by Gasteiger charge is 2.25. The highest BCUT2D eigenvalue weighted by molar-refractivity contribution is 7.22. The van der Waals surface area contributed by atoms with Crippen molar-refractivity contribution in [3.05, 3.63) is 45.5 Å². The first kappa shape index (κ1) is 15.5. The first-order valence-electron chi connectivity index (χ1n) is 6.51. The number of aromatic nitrogens is 1. The lowest BCUT2D eigenvalue weighted by Crippen LogP contribution is -1.96. The summed E-state index contributed by atoms with van der Waals surface area (Å²) in [5.41, 5.74) is 1.10. The van der Waals surface area contributed by atoms with Crippen LogP contribution in [0.2, 0.25) is 5.02 Å². The number of halogens is 1. The Hall–Kier alpha value is -2.38. The smallest absolute Gasteiger partial charge is 0.317 e. The number of hydrogen-bond acceptors (Lipinski definition) is 6. The molecule has 0 saturated carbocycles. The van der Waals surface area contributed by atoms with Crippen molar-refractivity contribution in [3.63, 3.8) is 0 Å². The van der Waals surface area contributed by atoms with E-state index in [-0.39, 0.29) is 11.4 Å². The normalized spacial score (nSPS) is 10.7. The van der Waals surface area contributed by atoms with Crippen LogP contribution in [0.3, 0.4) is 0 Å². The highest BCUT2D eigenvalue weighted by Crippen LogP contribution is 2.45. The summed E-state index contributed by atoms with van der Waals surface area (Å²) in [5.74, 6) is 0.521. The van der Waals surface area contributed by atoms with E-state index in [9.17, 15) is 10.1 Å². The molecule has 0 saturated heterocycles. The maximum atomic E-state index is 11.2. The number of nitrogens with zero attached hydrogens (tertiary/aromatic N) is 2. The lowest BCUT2D eigenvalue weighted by molar-refractivity contribution is -0.385. The van der Waals surface area contributed by atoms with Gasteiger partial charge in [-0.2, -0.15) is 0 Å². The first-order valence-corrected chi connectivity index (χ1v) is 7.70. The molecule has 0 atom stereocenters. The number of hydrogen-bond donors (Lipinski definition) is 0. The van der Waals surface area contributed by atoms with Crippen LogP contribution in [0.25, 0.3) is 20.8 Å². The standard InChI is InChI=1S/C15H11ClN2O4S/c1-21-11-7-10(18(19)20)13(22-2)12-14(11)23-15(17-12)8-3-5-9(16)6-4-8/h3-7H,1-2H3. The number of ether oxygens (including phenoxy) is 2. The highest BCUT2D eigenvalue weighted by atomic mass is 35.5. The molecule has 8 heteroatoms. The first-order chi connectivity index (χ1) is 11.0. The van der Waals surface area contributed by atoms with Gasteiger partial charge in [-0.05, 0) is 12.1 Å². The fourth-order valence-corrected chi connectivity index (χ4v) is 3.41. The van der Waals surface area contributed by atoms with Crippen LogP contribution in [0, 0.1) is 10.1 Å². The molecule has 0 aliphatic heterocycles. The minimum atomic E-state index is -0.512. The molecule has 0 aliphatic rings. The van der Waals surface area contributed by atoms with Crippen molar-refractivity contribution in [2.75, 3.05) is 14.2 Å². The summed E-state index contributed by atoms with van der Waals surface area (Å²) in [5, 5.41) is 12.6. The molecule has 0 bridgehead atoms. The Morgan fingerprint density at radius 1 is 1.22 bits per heavy atom. The van der Waals surface area contributed by atoms with Crippen molar-refractivity contribution in [2.24, 2.45) is 0 Å². The molecule has 0 N–H and O–H groups in total. The lowest BCUT2D eigenvalue weighted by Gasteiger charge is -2.05. The van der Waals surface area contributed by atoms with Gasteiger partial charge in [0.15, 0.2) is 0 Å². The Morgan fingerprint density at radius 2 is 1.91 bits per heavy atom. The molecule has 0 aliphatic carbocycles. The summed E-state index contributed by atoms with van der Waals surface area (Å²) in [6, 6.07) is 8.56. The predicted molar refractivity (Wildman–Crippen MR) is 89.8 cm³/mol. The van der Waals surface area contributed by atoms with Crippen LogP contribution in [0.4, 0.5) is 5.69 Å². The van der Waals surface area contributed by atoms with Gasteiger partial charge >= 0.3 is 5.69 Å². The molecule has 0 amide bonds. The molecule has 6 nitrogen and oxygen atoms in total. The molecule has 0 radical (unpaired) electrons. The number of rotatable bonds is 4. The minimum Gasteiger partial charge on any atom is -0.495 e. The third-order valence-electron chi connectivity index (χ3n) is 3.28. The third kappa shape index (κ3) is 2.69. The Morgan fingerprint density at radius 3 is 2.48 bits per heavy atom. The number of fused-ring (bicyclic) bond motifs is 1. The van der Waals surface area contributed by atoms with Crippen molar-refractivity contribution >= 4 is 38.8 Å². The average molecular weight is 351 g/mol. The average Bonchev–Trinajstić information content (AvgIpc) is 2.98. The Kier molecular flexibility index (Phi) is 4.06. The van der Waals surface area contributed by atoms with Crippen LogP contribution in [0.15, 0.2) is 30.3 Å². The zero-order chi connectivity index (χ0) is 16.6. The summed E-state index contributed by atoms with van der Waals surface area (Å²) < 4.78 is 11.2. The van der Waals surface area contributed by atoms with E-state index < -0.39 is 4.92 Å². The molecule has 0 unspecified atom stereocenters. The van der Waals surface area contributed by atoms with Crippen molar-refractivity contribution in [1.29, 1.82) is 0 Å². The summed E-state index contributed by atoms with van der Waals surface area (Å²) >= 11 is 7.27. The molecule has 1 heterocycles. The van der Waals surface area contributed by atoms with Gasteiger partial charge in [-0.1, -0.05) is 23.7 Å². The van der Waals surface area contributed by atoms with E-state index in [4.69, 9.17) is 21.1 Å². The van der Waals surface area contributed by atoms with Crippen molar-refractivity contribution < 1.29 is 14.4 Å². The van der Waals surface area contributed by atoms with Gasteiger partial charge in [0, 0.05) is 10.6 Å². The van der Waals surface area contributed by atoms with E-state index in [1.807, 2.05) is 12.1 Å². The monoisotopic (exact) mass is 350 g/mol. The van der Waals surface area contributed by atoms with Gasteiger partial charge in [0.1, 0.15) is 21.0 Å². The third-order valence-corrected chi connectivity index (χ3v) is 4.65. The van der Waals surface area contributed by atoms with Gasteiger partial charge in [-0.15, -0.1) is 11.3 Å². The number of nitro groups is 1. The molecule has 3 aromatic rings. The number of thiazole rings is 1. The van der Waals surface area contributed by atoms with Crippen molar-refractivity contribution in [2.45, 2.75) is 0 Å². The molecule has 0 spiro atoms. The Balaban J connectivity index is 2.29. The zero-order valence-electron chi connectivity index (χ0n) is 12.2. The van der Waals surface area contributed by atoms with Crippen molar-refractivity contribution in [1.82, 2.24) is 4.98 Å². The second kappa shape index (κ2) is 6.02. The summed E-state index contributed by atoms with van der Waals surface area (Å²) in [4.78, 5) is 15.2. The van der Waals surface area contributed by atoms with E-state index in [2.05, 4.69) is 4.98 Å². The molecule has 3 rings (SSSR count).